The summed E-state index contributed by atoms with van der Waals surface area (Å²) in [6.45, 7) is 4.41. The van der Waals surface area contributed by atoms with Gasteiger partial charge in [0.2, 0.25) is 0 Å². The second kappa shape index (κ2) is 5.86. The van der Waals surface area contributed by atoms with E-state index in [-0.39, 0.29) is 0 Å². The van der Waals surface area contributed by atoms with Gasteiger partial charge in [0.1, 0.15) is 0 Å². The molecule has 0 heterocycles. The Morgan fingerprint density at radius 2 is 0.808 bits per heavy atom. The van der Waals surface area contributed by atoms with E-state index in [1.54, 1.807) is 0 Å². The van der Waals surface area contributed by atoms with Crippen molar-refractivity contribution in [1.29, 1.82) is 0 Å². The van der Waals surface area contributed by atoms with Gasteiger partial charge in [0.15, 0.2) is 0 Å². The largest absolute Gasteiger partial charge is 0.0905 e. The molecule has 0 amide bonds. The van der Waals surface area contributed by atoms with Gasteiger partial charge in [0.05, 0.1) is 0 Å². The zero-order valence-corrected chi connectivity index (χ0v) is 14.4. The third-order valence-electron chi connectivity index (χ3n) is 5.19. The first-order valence-electron chi connectivity index (χ1n) is 8.90. The van der Waals surface area contributed by atoms with Crippen molar-refractivity contribution in [2.24, 2.45) is 0 Å². The molecule has 0 saturated heterocycles. The molecule has 0 bridgehead atoms. The van der Waals surface area contributed by atoms with Crippen molar-refractivity contribution in [3.8, 4) is 33.4 Å². The van der Waals surface area contributed by atoms with Gasteiger partial charge >= 0.3 is 0 Å². The minimum absolute atomic E-state index is 1.12. The molecule has 0 saturated carbocycles. The van der Waals surface area contributed by atoms with E-state index in [0.29, 0.717) is 0 Å². The monoisotopic (exact) mass is 330 g/mol. The molecule has 122 valence electrons. The quantitative estimate of drug-likeness (QED) is 0.325. The average molecular weight is 330 g/mol. The van der Waals surface area contributed by atoms with Gasteiger partial charge in [-0.05, 0) is 62.2 Å². The Labute approximate surface area is 154 Å². The minimum atomic E-state index is 1.12. The molecule has 0 aromatic heterocycles. The van der Waals surface area contributed by atoms with Gasteiger partial charge in [-0.15, -0.1) is 0 Å². The molecule has 0 spiro atoms. The van der Waals surface area contributed by atoms with Crippen molar-refractivity contribution in [3.05, 3.63) is 115 Å². The third kappa shape index (κ3) is 2.31. The zero-order valence-electron chi connectivity index (χ0n) is 14.4. The lowest BCUT2D eigenvalue weighted by atomic mass is 9.98. The lowest BCUT2D eigenvalue weighted by molar-refractivity contribution is 1.59. The standard InChI is InChI=1S/C26H18/c1-18-25-16-21(19-8-4-2-5-9-19)12-14-23(25)24-15-13-22(17-26(18)24)20-10-6-3-7-11-20/h2-17H,1H2. The van der Waals surface area contributed by atoms with E-state index in [0.717, 1.165) is 5.57 Å². The Hall–Kier alpha value is -3.38. The highest BCUT2D eigenvalue weighted by atomic mass is 14.3. The normalized spacial score (nSPS) is 11.9. The van der Waals surface area contributed by atoms with Crippen molar-refractivity contribution < 1.29 is 0 Å². The number of hydrogen-bond donors (Lipinski definition) is 0. The first-order valence-corrected chi connectivity index (χ1v) is 8.90. The third-order valence-corrected chi connectivity index (χ3v) is 5.19. The maximum Gasteiger partial charge on any atom is -0.00987 e. The van der Waals surface area contributed by atoms with Crippen LogP contribution in [0.2, 0.25) is 0 Å². The summed E-state index contributed by atoms with van der Waals surface area (Å²) in [5.41, 5.74) is 11.1. The van der Waals surface area contributed by atoms with Crippen molar-refractivity contribution in [2.75, 3.05) is 0 Å². The molecule has 5 rings (SSSR count). The highest BCUT2D eigenvalue weighted by Crippen LogP contribution is 2.45. The summed E-state index contributed by atoms with van der Waals surface area (Å²) in [4.78, 5) is 0. The molecule has 4 aromatic rings. The van der Waals surface area contributed by atoms with E-state index >= 15 is 0 Å². The van der Waals surface area contributed by atoms with E-state index in [1.807, 2.05) is 0 Å². The molecule has 0 heteroatoms. The lowest BCUT2D eigenvalue weighted by Crippen LogP contribution is -1.83. The maximum absolute atomic E-state index is 4.41. The van der Waals surface area contributed by atoms with Crippen LogP contribution in [0.5, 0.6) is 0 Å². The number of hydrogen-bond acceptors (Lipinski definition) is 0. The Bertz CT molecular complexity index is 1030. The number of fused-ring (bicyclic) bond motifs is 3. The number of benzene rings is 4. The van der Waals surface area contributed by atoms with Gasteiger partial charge in [0.25, 0.3) is 0 Å². The summed E-state index contributed by atoms with van der Waals surface area (Å²) in [6.07, 6.45) is 0. The SMILES string of the molecule is C=C1c2cc(-c3ccccc3)ccc2-c2ccc(-c3ccccc3)cc21. The smallest absolute Gasteiger partial charge is 0.00987 e. The summed E-state index contributed by atoms with van der Waals surface area (Å²) < 4.78 is 0. The molecular formula is C26H18. The van der Waals surface area contributed by atoms with Crippen molar-refractivity contribution in [1.82, 2.24) is 0 Å². The van der Waals surface area contributed by atoms with Crippen LogP contribution < -0.4 is 0 Å². The van der Waals surface area contributed by atoms with E-state index in [1.165, 1.54) is 44.5 Å². The lowest BCUT2D eigenvalue weighted by Gasteiger charge is -2.06. The van der Waals surface area contributed by atoms with Crippen molar-refractivity contribution in [2.45, 2.75) is 0 Å². The highest BCUT2D eigenvalue weighted by molar-refractivity contribution is 6.02. The fourth-order valence-electron chi connectivity index (χ4n) is 3.82. The summed E-state index contributed by atoms with van der Waals surface area (Å²) in [5, 5.41) is 0. The molecule has 1 aliphatic carbocycles. The van der Waals surface area contributed by atoms with E-state index in [2.05, 4.69) is 104 Å². The minimum Gasteiger partial charge on any atom is -0.0905 e. The molecule has 0 N–H and O–H groups in total. The van der Waals surface area contributed by atoms with Crippen LogP contribution in [0.4, 0.5) is 0 Å². The molecule has 26 heavy (non-hydrogen) atoms. The van der Waals surface area contributed by atoms with Crippen LogP contribution in [0.1, 0.15) is 11.1 Å². The Kier molecular flexibility index (Phi) is 3.36. The highest BCUT2D eigenvalue weighted by Gasteiger charge is 2.22. The van der Waals surface area contributed by atoms with Gasteiger partial charge in [0, 0.05) is 0 Å². The summed E-state index contributed by atoms with van der Waals surface area (Å²) in [5.74, 6) is 0. The fourth-order valence-corrected chi connectivity index (χ4v) is 3.82. The maximum atomic E-state index is 4.41. The fraction of sp³-hybridized carbons (Fsp3) is 0. The van der Waals surface area contributed by atoms with Crippen molar-refractivity contribution in [3.63, 3.8) is 0 Å². The van der Waals surface area contributed by atoms with Crippen LogP contribution in [0, 0.1) is 0 Å². The first kappa shape index (κ1) is 14.9. The van der Waals surface area contributed by atoms with Crippen LogP contribution in [0.3, 0.4) is 0 Å². The van der Waals surface area contributed by atoms with E-state index < -0.39 is 0 Å². The number of rotatable bonds is 2. The second-order valence-electron chi connectivity index (χ2n) is 6.73. The summed E-state index contributed by atoms with van der Waals surface area (Å²) in [7, 11) is 0. The average Bonchev–Trinajstić information content (AvgIpc) is 3.01. The molecule has 1 aliphatic rings. The van der Waals surface area contributed by atoms with Crippen LogP contribution in [0.25, 0.3) is 39.0 Å². The predicted molar refractivity (Wildman–Crippen MR) is 111 cm³/mol. The van der Waals surface area contributed by atoms with Crippen LogP contribution in [-0.4, -0.2) is 0 Å². The van der Waals surface area contributed by atoms with Crippen LogP contribution in [0.15, 0.2) is 104 Å². The zero-order chi connectivity index (χ0) is 17.5. The Morgan fingerprint density at radius 3 is 1.23 bits per heavy atom. The van der Waals surface area contributed by atoms with Crippen LogP contribution >= 0.6 is 0 Å². The van der Waals surface area contributed by atoms with Gasteiger partial charge in [-0.1, -0.05) is 91.5 Å². The van der Waals surface area contributed by atoms with Crippen LogP contribution in [-0.2, 0) is 0 Å². The molecular weight excluding hydrogens is 312 g/mol. The Morgan fingerprint density at radius 1 is 0.385 bits per heavy atom. The summed E-state index contributed by atoms with van der Waals surface area (Å²) in [6, 6.07) is 34.5. The summed E-state index contributed by atoms with van der Waals surface area (Å²) >= 11 is 0. The molecule has 0 unspecified atom stereocenters. The van der Waals surface area contributed by atoms with E-state index in [4.69, 9.17) is 0 Å². The molecule has 0 aliphatic heterocycles. The second-order valence-corrected chi connectivity index (χ2v) is 6.73. The predicted octanol–water partition coefficient (Wildman–Crippen LogP) is 7.06. The van der Waals surface area contributed by atoms with Gasteiger partial charge in [-0.25, -0.2) is 0 Å². The topological polar surface area (TPSA) is 0 Å². The van der Waals surface area contributed by atoms with Gasteiger partial charge in [-0.2, -0.15) is 0 Å². The molecule has 0 fully saturated rings. The first-order chi connectivity index (χ1) is 12.8. The van der Waals surface area contributed by atoms with Gasteiger partial charge < -0.3 is 0 Å². The molecule has 0 atom stereocenters. The van der Waals surface area contributed by atoms with Crippen molar-refractivity contribution >= 4 is 5.57 Å². The van der Waals surface area contributed by atoms with Gasteiger partial charge in [-0.3, -0.25) is 0 Å². The molecule has 4 aromatic carbocycles. The Balaban J connectivity index is 1.61. The molecule has 0 nitrogen and oxygen atoms in total. The van der Waals surface area contributed by atoms with E-state index in [9.17, 15) is 0 Å². The molecule has 0 radical (unpaired) electrons.